The Morgan fingerprint density at radius 1 is 1.42 bits per heavy atom. The second kappa shape index (κ2) is 6.35. The molecule has 3 N–H and O–H groups in total. The van der Waals surface area contributed by atoms with Crippen molar-refractivity contribution in [1.82, 2.24) is 4.90 Å². The van der Waals surface area contributed by atoms with Crippen LogP contribution >= 0.6 is 0 Å². The van der Waals surface area contributed by atoms with Gasteiger partial charge in [-0.15, -0.1) is 0 Å². The van der Waals surface area contributed by atoms with Crippen LogP contribution in [0.2, 0.25) is 0 Å². The van der Waals surface area contributed by atoms with Gasteiger partial charge in [0.2, 0.25) is 0 Å². The molecule has 0 aliphatic carbocycles. The largest absolute Gasteiger partial charge is 0.508 e. The third-order valence-electron chi connectivity index (χ3n) is 4.12. The summed E-state index contributed by atoms with van der Waals surface area (Å²) >= 11 is 0. The molecule has 0 saturated carbocycles. The SMILES string of the molecule is CCC1CCN(Cc2cc(O)cc(F)c2)C(CN)C1. The van der Waals surface area contributed by atoms with E-state index in [1.807, 2.05) is 0 Å². The molecule has 1 aliphatic rings. The van der Waals surface area contributed by atoms with Gasteiger partial charge < -0.3 is 10.8 Å². The molecule has 0 radical (unpaired) electrons. The summed E-state index contributed by atoms with van der Waals surface area (Å²) in [5.74, 6) is 0.358. The number of piperidine rings is 1. The molecular formula is C15H23FN2O. The molecule has 1 saturated heterocycles. The number of hydrogen-bond acceptors (Lipinski definition) is 3. The minimum absolute atomic E-state index is 0.0113. The fourth-order valence-corrected chi connectivity index (χ4v) is 2.97. The van der Waals surface area contributed by atoms with E-state index in [-0.39, 0.29) is 11.6 Å². The highest BCUT2D eigenvalue weighted by Gasteiger charge is 2.26. The average Bonchev–Trinajstić information content (AvgIpc) is 2.38. The number of aromatic hydroxyl groups is 1. The number of likely N-dealkylation sites (tertiary alicyclic amines) is 1. The summed E-state index contributed by atoms with van der Waals surface area (Å²) in [5, 5.41) is 9.44. The Morgan fingerprint density at radius 2 is 2.21 bits per heavy atom. The predicted molar refractivity (Wildman–Crippen MR) is 74.3 cm³/mol. The molecule has 1 fully saturated rings. The van der Waals surface area contributed by atoms with E-state index in [4.69, 9.17) is 5.73 Å². The summed E-state index contributed by atoms with van der Waals surface area (Å²) in [6, 6.07) is 4.61. The van der Waals surface area contributed by atoms with Crippen LogP contribution in [-0.4, -0.2) is 29.1 Å². The first-order chi connectivity index (χ1) is 9.12. The van der Waals surface area contributed by atoms with Crippen molar-refractivity contribution in [2.45, 2.75) is 38.8 Å². The predicted octanol–water partition coefficient (Wildman–Crippen LogP) is 2.48. The summed E-state index contributed by atoms with van der Waals surface area (Å²) < 4.78 is 13.3. The number of halogens is 1. The number of benzene rings is 1. The van der Waals surface area contributed by atoms with Gasteiger partial charge in [0.05, 0.1) is 0 Å². The van der Waals surface area contributed by atoms with Crippen LogP contribution in [0.15, 0.2) is 18.2 Å². The zero-order valence-electron chi connectivity index (χ0n) is 11.5. The van der Waals surface area contributed by atoms with Crippen LogP contribution in [0.5, 0.6) is 5.75 Å². The lowest BCUT2D eigenvalue weighted by molar-refractivity contribution is 0.107. The molecule has 19 heavy (non-hydrogen) atoms. The molecular weight excluding hydrogens is 243 g/mol. The molecule has 1 aliphatic heterocycles. The molecule has 0 amide bonds. The molecule has 1 heterocycles. The number of phenols is 1. The lowest BCUT2D eigenvalue weighted by Crippen LogP contribution is -2.46. The van der Waals surface area contributed by atoms with Gasteiger partial charge in [0, 0.05) is 25.2 Å². The number of nitrogens with zero attached hydrogens (tertiary/aromatic N) is 1. The topological polar surface area (TPSA) is 49.5 Å². The Bertz CT molecular complexity index is 404. The minimum Gasteiger partial charge on any atom is -0.508 e. The van der Waals surface area contributed by atoms with Crippen molar-refractivity contribution < 1.29 is 9.50 Å². The smallest absolute Gasteiger partial charge is 0.127 e. The van der Waals surface area contributed by atoms with Crippen molar-refractivity contribution >= 4 is 0 Å². The van der Waals surface area contributed by atoms with E-state index in [2.05, 4.69) is 11.8 Å². The van der Waals surface area contributed by atoms with E-state index >= 15 is 0 Å². The monoisotopic (exact) mass is 266 g/mol. The lowest BCUT2D eigenvalue weighted by atomic mass is 9.88. The van der Waals surface area contributed by atoms with Crippen LogP contribution in [0.3, 0.4) is 0 Å². The van der Waals surface area contributed by atoms with E-state index in [0.29, 0.717) is 19.1 Å². The Kier molecular flexibility index (Phi) is 4.77. The third kappa shape index (κ3) is 3.67. The van der Waals surface area contributed by atoms with E-state index in [1.165, 1.54) is 18.9 Å². The molecule has 106 valence electrons. The van der Waals surface area contributed by atoms with Crippen LogP contribution in [0.1, 0.15) is 31.7 Å². The number of hydrogen-bond donors (Lipinski definition) is 2. The molecule has 2 atom stereocenters. The molecule has 0 aromatic heterocycles. The summed E-state index contributed by atoms with van der Waals surface area (Å²) in [4.78, 5) is 2.31. The van der Waals surface area contributed by atoms with Gasteiger partial charge in [-0.2, -0.15) is 0 Å². The summed E-state index contributed by atoms with van der Waals surface area (Å²) in [7, 11) is 0. The van der Waals surface area contributed by atoms with Gasteiger partial charge in [0.15, 0.2) is 0 Å². The first-order valence-electron chi connectivity index (χ1n) is 7.05. The van der Waals surface area contributed by atoms with E-state index < -0.39 is 0 Å². The van der Waals surface area contributed by atoms with Crippen molar-refractivity contribution in [2.24, 2.45) is 11.7 Å². The van der Waals surface area contributed by atoms with Crippen molar-refractivity contribution in [3.05, 3.63) is 29.6 Å². The molecule has 1 aromatic carbocycles. The van der Waals surface area contributed by atoms with Crippen LogP contribution in [0.4, 0.5) is 4.39 Å². The quantitative estimate of drug-likeness (QED) is 0.880. The summed E-state index contributed by atoms with van der Waals surface area (Å²) in [6.45, 7) is 4.51. The van der Waals surface area contributed by atoms with E-state index in [9.17, 15) is 9.50 Å². The van der Waals surface area contributed by atoms with Gasteiger partial charge in [-0.05, 0) is 43.0 Å². The standard InChI is InChI=1S/C15H23FN2O/c1-2-11-3-4-18(14(6-11)9-17)10-12-5-13(16)8-15(19)7-12/h5,7-8,11,14,19H,2-4,6,9-10,17H2,1H3. The first-order valence-corrected chi connectivity index (χ1v) is 7.05. The van der Waals surface area contributed by atoms with Gasteiger partial charge in [-0.25, -0.2) is 4.39 Å². The lowest BCUT2D eigenvalue weighted by Gasteiger charge is -2.38. The van der Waals surface area contributed by atoms with Crippen LogP contribution in [0.25, 0.3) is 0 Å². The molecule has 2 unspecified atom stereocenters. The van der Waals surface area contributed by atoms with E-state index in [1.54, 1.807) is 6.07 Å². The highest BCUT2D eigenvalue weighted by atomic mass is 19.1. The molecule has 4 heteroatoms. The maximum Gasteiger partial charge on any atom is 0.127 e. The van der Waals surface area contributed by atoms with Crippen molar-refractivity contribution in [1.29, 1.82) is 0 Å². The molecule has 0 spiro atoms. The summed E-state index contributed by atoms with van der Waals surface area (Å²) in [6.07, 6.45) is 3.49. The maximum atomic E-state index is 13.3. The minimum atomic E-state index is -0.386. The fraction of sp³-hybridized carbons (Fsp3) is 0.600. The average molecular weight is 266 g/mol. The van der Waals surface area contributed by atoms with Crippen LogP contribution < -0.4 is 5.73 Å². The van der Waals surface area contributed by atoms with Crippen molar-refractivity contribution in [2.75, 3.05) is 13.1 Å². The van der Waals surface area contributed by atoms with Gasteiger partial charge in [0.1, 0.15) is 11.6 Å². The zero-order chi connectivity index (χ0) is 13.8. The molecule has 1 aromatic rings. The zero-order valence-corrected chi connectivity index (χ0v) is 11.5. The van der Waals surface area contributed by atoms with E-state index in [0.717, 1.165) is 30.5 Å². The van der Waals surface area contributed by atoms with Gasteiger partial charge in [-0.1, -0.05) is 13.3 Å². The Hall–Kier alpha value is -1.13. The normalized spacial score (nSPS) is 24.6. The first kappa shape index (κ1) is 14.3. The van der Waals surface area contributed by atoms with Crippen LogP contribution in [-0.2, 0) is 6.54 Å². The second-order valence-electron chi connectivity index (χ2n) is 5.48. The summed E-state index contributed by atoms with van der Waals surface area (Å²) in [5.41, 5.74) is 6.67. The van der Waals surface area contributed by atoms with Gasteiger partial charge in [-0.3, -0.25) is 4.90 Å². The number of phenolic OH excluding ortho intramolecular Hbond substituents is 1. The molecule has 0 bridgehead atoms. The van der Waals surface area contributed by atoms with Crippen LogP contribution in [0, 0.1) is 11.7 Å². The third-order valence-corrected chi connectivity index (χ3v) is 4.12. The Labute approximate surface area is 114 Å². The highest BCUT2D eigenvalue weighted by Crippen LogP contribution is 2.27. The number of nitrogens with two attached hydrogens (primary N) is 1. The van der Waals surface area contributed by atoms with Gasteiger partial charge >= 0.3 is 0 Å². The van der Waals surface area contributed by atoms with Gasteiger partial charge in [0.25, 0.3) is 0 Å². The maximum absolute atomic E-state index is 13.3. The Balaban J connectivity index is 2.05. The Morgan fingerprint density at radius 3 is 2.84 bits per heavy atom. The van der Waals surface area contributed by atoms with Crippen molar-refractivity contribution in [3.63, 3.8) is 0 Å². The number of rotatable bonds is 4. The highest BCUT2D eigenvalue weighted by molar-refractivity contribution is 5.28. The fourth-order valence-electron chi connectivity index (χ4n) is 2.97. The second-order valence-corrected chi connectivity index (χ2v) is 5.48. The molecule has 2 rings (SSSR count). The van der Waals surface area contributed by atoms with Crippen molar-refractivity contribution in [3.8, 4) is 5.75 Å². The molecule has 3 nitrogen and oxygen atoms in total.